The Morgan fingerprint density at radius 3 is 3.00 bits per heavy atom. The van der Waals surface area contributed by atoms with Crippen molar-refractivity contribution in [2.75, 3.05) is 0 Å². The second kappa shape index (κ2) is 3.62. The van der Waals surface area contributed by atoms with Crippen molar-refractivity contribution in [1.29, 1.82) is 0 Å². The summed E-state index contributed by atoms with van der Waals surface area (Å²) in [5.41, 5.74) is 1.15. The van der Waals surface area contributed by atoms with E-state index < -0.39 is 4.87 Å². The van der Waals surface area contributed by atoms with Crippen LogP contribution in [0.3, 0.4) is 0 Å². The van der Waals surface area contributed by atoms with Crippen LogP contribution in [0.5, 0.6) is 0 Å². The van der Waals surface area contributed by atoms with Gasteiger partial charge in [0.15, 0.2) is 0 Å². The molecule has 0 fully saturated rings. The Balaban J connectivity index is 2.86. The third-order valence-corrected chi connectivity index (χ3v) is 3.02. The van der Waals surface area contributed by atoms with Crippen molar-refractivity contribution < 1.29 is 5.21 Å². The minimum atomic E-state index is -0.657. The predicted molar refractivity (Wildman–Crippen MR) is 54.2 cm³/mol. The molecular weight excluding hydrogens is 241 g/mol. The van der Waals surface area contributed by atoms with Gasteiger partial charge < -0.3 is 5.21 Å². The highest BCUT2D eigenvalue weighted by atomic mass is 79.9. The molecule has 0 radical (unpaired) electrons. The molecule has 0 heterocycles. The zero-order chi connectivity index (χ0) is 9.19. The van der Waals surface area contributed by atoms with Gasteiger partial charge in [-0.3, -0.25) is 0 Å². The summed E-state index contributed by atoms with van der Waals surface area (Å²) in [4.78, 5) is -0.657. The van der Waals surface area contributed by atoms with Gasteiger partial charge in [-0.15, -0.1) is 11.6 Å². The molecule has 0 saturated heterocycles. The largest absolute Gasteiger partial charge is 0.411 e. The van der Waals surface area contributed by atoms with Gasteiger partial charge in [0.1, 0.15) is 4.87 Å². The molecule has 1 rings (SSSR count). The lowest BCUT2D eigenvalue weighted by Gasteiger charge is -2.22. The smallest absolute Gasteiger partial charge is 0.105 e. The summed E-state index contributed by atoms with van der Waals surface area (Å²) in [6.45, 7) is 1.98. The summed E-state index contributed by atoms with van der Waals surface area (Å²) in [6.07, 6.45) is 5.66. The van der Waals surface area contributed by atoms with Gasteiger partial charge >= 0.3 is 0 Å². The zero-order valence-electron chi connectivity index (χ0n) is 6.59. The Morgan fingerprint density at radius 1 is 1.83 bits per heavy atom. The molecule has 1 atom stereocenters. The highest BCUT2D eigenvalue weighted by Crippen LogP contribution is 2.32. The first-order chi connectivity index (χ1) is 5.57. The molecule has 0 aromatic carbocycles. The van der Waals surface area contributed by atoms with Crippen LogP contribution in [0.15, 0.2) is 27.4 Å². The molecule has 12 heavy (non-hydrogen) atoms. The van der Waals surface area contributed by atoms with E-state index in [0.717, 1.165) is 10.1 Å². The number of hydrogen-bond acceptors (Lipinski definition) is 2. The first kappa shape index (κ1) is 9.81. The van der Waals surface area contributed by atoms with E-state index in [0.29, 0.717) is 6.42 Å². The quantitative estimate of drug-likeness (QED) is 0.330. The average molecular weight is 251 g/mol. The van der Waals surface area contributed by atoms with Crippen LogP contribution < -0.4 is 0 Å². The van der Waals surface area contributed by atoms with Crippen molar-refractivity contribution in [3.63, 3.8) is 0 Å². The lowest BCUT2D eigenvalue weighted by Crippen LogP contribution is -2.22. The molecule has 0 saturated carbocycles. The SMILES string of the molecule is CC1=C(Br)C=CC(Cl)(C=NO)C1. The van der Waals surface area contributed by atoms with Gasteiger partial charge in [0.2, 0.25) is 0 Å². The van der Waals surface area contributed by atoms with Gasteiger partial charge in [-0.05, 0) is 19.4 Å². The number of oxime groups is 1. The fourth-order valence-corrected chi connectivity index (χ4v) is 1.67. The van der Waals surface area contributed by atoms with Crippen LogP contribution >= 0.6 is 27.5 Å². The van der Waals surface area contributed by atoms with Gasteiger partial charge in [-0.25, -0.2) is 0 Å². The van der Waals surface area contributed by atoms with E-state index in [2.05, 4.69) is 21.1 Å². The Labute approximate surface area is 84.7 Å². The van der Waals surface area contributed by atoms with Gasteiger partial charge in [0, 0.05) is 4.48 Å². The first-order valence-electron chi connectivity index (χ1n) is 3.49. The predicted octanol–water partition coefficient (Wildman–Crippen LogP) is 3.05. The topological polar surface area (TPSA) is 32.6 Å². The fraction of sp³-hybridized carbons (Fsp3) is 0.375. The number of alkyl halides is 1. The third-order valence-electron chi connectivity index (χ3n) is 1.72. The van der Waals surface area contributed by atoms with Gasteiger partial charge in [-0.2, -0.15) is 0 Å². The van der Waals surface area contributed by atoms with E-state index in [-0.39, 0.29) is 0 Å². The van der Waals surface area contributed by atoms with Crippen molar-refractivity contribution in [2.45, 2.75) is 18.2 Å². The fourth-order valence-electron chi connectivity index (χ4n) is 1.09. The van der Waals surface area contributed by atoms with E-state index in [1.807, 2.05) is 13.0 Å². The summed E-state index contributed by atoms with van der Waals surface area (Å²) < 4.78 is 1.05. The standard InChI is InChI=1S/C8H9BrClNO/c1-6-4-8(10,5-11-12)3-2-7(6)9/h2-3,5,12H,4H2,1H3. The minimum absolute atomic E-state index is 0.657. The molecule has 4 heteroatoms. The zero-order valence-corrected chi connectivity index (χ0v) is 8.93. The summed E-state index contributed by atoms with van der Waals surface area (Å²) in [6, 6.07) is 0. The summed E-state index contributed by atoms with van der Waals surface area (Å²) >= 11 is 9.47. The molecule has 0 bridgehead atoms. The molecular formula is C8H9BrClNO. The van der Waals surface area contributed by atoms with E-state index in [9.17, 15) is 0 Å². The Kier molecular flexibility index (Phi) is 2.96. The Bertz CT molecular complexity index is 272. The van der Waals surface area contributed by atoms with Crippen molar-refractivity contribution >= 4 is 33.7 Å². The number of hydrogen-bond donors (Lipinski definition) is 1. The Morgan fingerprint density at radius 2 is 2.50 bits per heavy atom. The van der Waals surface area contributed by atoms with E-state index in [1.54, 1.807) is 6.08 Å². The second-order valence-corrected chi connectivity index (χ2v) is 4.37. The average Bonchev–Trinajstić information content (AvgIpc) is 1.98. The van der Waals surface area contributed by atoms with Crippen LogP contribution in [0.4, 0.5) is 0 Å². The number of rotatable bonds is 1. The molecule has 1 N–H and O–H groups in total. The summed E-state index contributed by atoms with van der Waals surface area (Å²) in [5, 5.41) is 11.3. The number of nitrogens with zero attached hydrogens (tertiary/aromatic N) is 1. The molecule has 0 aromatic rings. The number of allylic oxidation sites excluding steroid dienone is 4. The van der Waals surface area contributed by atoms with Crippen molar-refractivity contribution in [1.82, 2.24) is 0 Å². The van der Waals surface area contributed by atoms with Gasteiger partial charge in [0.25, 0.3) is 0 Å². The molecule has 0 spiro atoms. The first-order valence-corrected chi connectivity index (χ1v) is 4.66. The molecule has 1 aliphatic rings. The van der Waals surface area contributed by atoms with Crippen molar-refractivity contribution in [3.05, 3.63) is 22.2 Å². The minimum Gasteiger partial charge on any atom is -0.411 e. The van der Waals surface area contributed by atoms with Gasteiger partial charge in [-0.1, -0.05) is 32.7 Å². The maximum absolute atomic E-state index is 8.36. The second-order valence-electron chi connectivity index (χ2n) is 2.81. The van der Waals surface area contributed by atoms with Crippen LogP contribution in [-0.4, -0.2) is 16.3 Å². The van der Waals surface area contributed by atoms with Crippen LogP contribution in [0, 0.1) is 0 Å². The Hall–Kier alpha value is -0.280. The highest BCUT2D eigenvalue weighted by Gasteiger charge is 2.25. The van der Waals surface area contributed by atoms with Crippen LogP contribution in [0.25, 0.3) is 0 Å². The van der Waals surface area contributed by atoms with Crippen molar-refractivity contribution in [3.8, 4) is 0 Å². The van der Waals surface area contributed by atoms with Crippen LogP contribution in [0.2, 0.25) is 0 Å². The molecule has 0 aromatic heterocycles. The maximum Gasteiger partial charge on any atom is 0.105 e. The van der Waals surface area contributed by atoms with E-state index in [4.69, 9.17) is 16.8 Å². The van der Waals surface area contributed by atoms with E-state index >= 15 is 0 Å². The molecule has 1 aliphatic carbocycles. The molecule has 0 aliphatic heterocycles. The molecule has 66 valence electrons. The van der Waals surface area contributed by atoms with E-state index in [1.165, 1.54) is 6.21 Å². The maximum atomic E-state index is 8.36. The van der Waals surface area contributed by atoms with Crippen LogP contribution in [-0.2, 0) is 0 Å². The molecule has 1 unspecified atom stereocenters. The van der Waals surface area contributed by atoms with Crippen molar-refractivity contribution in [2.24, 2.45) is 5.16 Å². The monoisotopic (exact) mass is 249 g/mol. The summed E-state index contributed by atoms with van der Waals surface area (Å²) in [7, 11) is 0. The normalized spacial score (nSPS) is 30.2. The highest BCUT2D eigenvalue weighted by molar-refractivity contribution is 9.11. The van der Waals surface area contributed by atoms with Gasteiger partial charge in [0.05, 0.1) is 6.21 Å². The van der Waals surface area contributed by atoms with Crippen LogP contribution in [0.1, 0.15) is 13.3 Å². The summed E-state index contributed by atoms with van der Waals surface area (Å²) in [5.74, 6) is 0. The number of halogens is 2. The molecule has 0 amide bonds. The lowest BCUT2D eigenvalue weighted by molar-refractivity contribution is 0.319. The lowest BCUT2D eigenvalue weighted by atomic mass is 9.95. The molecule has 2 nitrogen and oxygen atoms in total. The third kappa shape index (κ3) is 2.11.